The molecule has 0 saturated heterocycles. The van der Waals surface area contributed by atoms with Crippen LogP contribution in [0.1, 0.15) is 38.9 Å². The fourth-order valence-electron chi connectivity index (χ4n) is 3.77. The largest absolute Gasteiger partial charge is 0.390 e. The second-order valence-corrected chi connectivity index (χ2v) is 7.41. The molecule has 1 aliphatic carbocycles. The molecule has 0 saturated carbocycles. The van der Waals surface area contributed by atoms with Gasteiger partial charge in [-0.1, -0.05) is 24.3 Å². The summed E-state index contributed by atoms with van der Waals surface area (Å²) in [7, 11) is 3.48. The maximum atomic E-state index is 12.6. The Kier molecular flexibility index (Phi) is 4.15. The van der Waals surface area contributed by atoms with E-state index in [9.17, 15) is 9.90 Å². The van der Waals surface area contributed by atoms with Gasteiger partial charge in [0.25, 0.3) is 5.91 Å². The van der Waals surface area contributed by atoms with Crippen molar-refractivity contribution in [1.82, 2.24) is 14.3 Å². The molecule has 2 N–H and O–H groups in total. The molecule has 2 heterocycles. The van der Waals surface area contributed by atoms with Crippen LogP contribution in [0.3, 0.4) is 0 Å². The number of aliphatic hydroxyl groups excluding tert-OH is 1. The summed E-state index contributed by atoms with van der Waals surface area (Å²) in [6.07, 6.45) is 1.93. The van der Waals surface area contributed by atoms with Crippen molar-refractivity contribution in [3.8, 4) is 0 Å². The Hall–Kier alpha value is -2.86. The number of hydrogen-bond donors (Lipinski definition) is 2. The molecule has 140 valence electrons. The van der Waals surface area contributed by atoms with Crippen molar-refractivity contribution >= 4 is 17.2 Å². The lowest BCUT2D eigenvalue weighted by Crippen LogP contribution is -2.24. The molecule has 3 aromatic rings. The van der Waals surface area contributed by atoms with Crippen molar-refractivity contribution in [3.63, 3.8) is 0 Å². The lowest BCUT2D eigenvalue weighted by atomic mass is 10.1. The van der Waals surface area contributed by atoms with Gasteiger partial charge in [-0.3, -0.25) is 4.79 Å². The number of pyridine rings is 1. The summed E-state index contributed by atoms with van der Waals surface area (Å²) in [5.74, 6) is -0.0712. The average molecular weight is 364 g/mol. The van der Waals surface area contributed by atoms with Crippen molar-refractivity contribution in [3.05, 3.63) is 64.6 Å². The van der Waals surface area contributed by atoms with Crippen LogP contribution in [0.5, 0.6) is 0 Å². The minimum atomic E-state index is -0.521. The third kappa shape index (κ3) is 2.86. The second kappa shape index (κ2) is 6.39. The van der Waals surface area contributed by atoms with Crippen LogP contribution in [0.25, 0.3) is 5.65 Å². The van der Waals surface area contributed by atoms with E-state index in [-0.39, 0.29) is 11.9 Å². The molecular formula is C21H24N4O2. The van der Waals surface area contributed by atoms with Gasteiger partial charge in [-0.2, -0.15) is 0 Å². The lowest BCUT2D eigenvalue weighted by Gasteiger charge is -2.21. The van der Waals surface area contributed by atoms with E-state index in [0.717, 1.165) is 33.8 Å². The van der Waals surface area contributed by atoms with Gasteiger partial charge in [0.1, 0.15) is 0 Å². The number of aromatic nitrogens is 2. The zero-order chi connectivity index (χ0) is 19.3. The van der Waals surface area contributed by atoms with Gasteiger partial charge in [-0.15, -0.1) is 0 Å². The predicted octanol–water partition coefficient (Wildman–Crippen LogP) is 2.72. The van der Waals surface area contributed by atoms with Gasteiger partial charge in [0.2, 0.25) is 0 Å². The number of rotatable bonds is 3. The molecule has 1 aromatic carbocycles. The highest BCUT2D eigenvalue weighted by atomic mass is 16.3. The molecule has 2 aromatic heterocycles. The molecule has 0 bridgehead atoms. The normalized spacial score (nSPS) is 18.6. The van der Waals surface area contributed by atoms with E-state index >= 15 is 0 Å². The van der Waals surface area contributed by atoms with Crippen LogP contribution in [0.15, 0.2) is 36.5 Å². The number of fused-ring (bicyclic) bond motifs is 2. The Morgan fingerprint density at radius 2 is 2.04 bits per heavy atom. The molecule has 27 heavy (non-hydrogen) atoms. The summed E-state index contributed by atoms with van der Waals surface area (Å²) in [5, 5.41) is 14.1. The Bertz CT molecular complexity index is 1040. The highest BCUT2D eigenvalue weighted by Crippen LogP contribution is 2.35. The molecule has 1 amide bonds. The molecule has 0 unspecified atom stereocenters. The van der Waals surface area contributed by atoms with E-state index < -0.39 is 6.10 Å². The van der Waals surface area contributed by atoms with Crippen molar-refractivity contribution in [2.75, 3.05) is 19.4 Å². The highest BCUT2D eigenvalue weighted by Gasteiger charge is 2.31. The number of benzene rings is 1. The van der Waals surface area contributed by atoms with Gasteiger partial charge in [-0.25, -0.2) is 4.98 Å². The maximum Gasteiger partial charge on any atom is 0.254 e. The van der Waals surface area contributed by atoms with Crippen molar-refractivity contribution in [2.24, 2.45) is 0 Å². The van der Waals surface area contributed by atoms with Crippen molar-refractivity contribution in [1.29, 1.82) is 0 Å². The standard InChI is InChI=1S/C21H24N4O2/c1-12-13(2)25-11-15(21(27)24(3)4)9-17(20(25)22-12)23-19-16-8-6-5-7-14(16)10-18(19)26/h5-9,11,18-19,23,26H,10H2,1-4H3/t18-,19-/m1/s1. The Morgan fingerprint density at radius 3 is 2.78 bits per heavy atom. The van der Waals surface area contributed by atoms with Gasteiger partial charge in [0.05, 0.1) is 29.1 Å². The fraction of sp³-hybridized carbons (Fsp3) is 0.333. The topological polar surface area (TPSA) is 69.9 Å². The van der Waals surface area contributed by atoms with Crippen LogP contribution in [-0.2, 0) is 6.42 Å². The number of nitrogens with one attached hydrogen (secondary N) is 1. The third-order valence-corrected chi connectivity index (χ3v) is 5.36. The summed E-state index contributed by atoms with van der Waals surface area (Å²) >= 11 is 0. The number of imidazole rings is 1. The maximum absolute atomic E-state index is 12.6. The van der Waals surface area contributed by atoms with Gasteiger partial charge < -0.3 is 19.7 Å². The number of carbonyl (C=O) groups is 1. The molecular weight excluding hydrogens is 340 g/mol. The fourth-order valence-corrected chi connectivity index (χ4v) is 3.77. The number of nitrogens with zero attached hydrogens (tertiary/aromatic N) is 3. The van der Waals surface area contributed by atoms with Crippen LogP contribution in [-0.4, -0.2) is 45.5 Å². The van der Waals surface area contributed by atoms with E-state index in [2.05, 4.69) is 10.3 Å². The van der Waals surface area contributed by atoms with E-state index in [0.29, 0.717) is 12.0 Å². The SMILES string of the molecule is Cc1nc2c(N[C@@H]3c4ccccc4C[C@H]3O)cc(C(=O)N(C)C)cn2c1C. The number of anilines is 1. The number of carbonyl (C=O) groups excluding carboxylic acids is 1. The second-order valence-electron chi connectivity index (χ2n) is 7.41. The molecule has 6 nitrogen and oxygen atoms in total. The first kappa shape index (κ1) is 17.5. The number of hydrogen-bond acceptors (Lipinski definition) is 4. The highest BCUT2D eigenvalue weighted by molar-refractivity contribution is 5.95. The van der Waals surface area contributed by atoms with Crippen molar-refractivity contribution < 1.29 is 9.90 Å². The molecule has 0 fully saturated rings. The molecule has 6 heteroatoms. The third-order valence-electron chi connectivity index (χ3n) is 5.36. The first-order valence-corrected chi connectivity index (χ1v) is 9.10. The molecule has 0 radical (unpaired) electrons. The summed E-state index contributed by atoms with van der Waals surface area (Å²) in [4.78, 5) is 18.8. The quantitative estimate of drug-likeness (QED) is 0.750. The van der Waals surface area contributed by atoms with Crippen LogP contribution in [0.4, 0.5) is 5.69 Å². The number of aryl methyl sites for hydroxylation is 2. The van der Waals surface area contributed by atoms with Crippen LogP contribution < -0.4 is 5.32 Å². The summed E-state index contributed by atoms with van der Waals surface area (Å²) in [6, 6.07) is 9.66. The van der Waals surface area contributed by atoms with E-state index in [4.69, 9.17) is 0 Å². The summed E-state index contributed by atoms with van der Waals surface area (Å²) in [6.45, 7) is 3.95. The molecule has 0 spiro atoms. The molecule has 0 aliphatic heterocycles. The minimum Gasteiger partial charge on any atom is -0.390 e. The van der Waals surface area contributed by atoms with E-state index in [1.54, 1.807) is 19.0 Å². The van der Waals surface area contributed by atoms with Crippen LogP contribution >= 0.6 is 0 Å². The molecule has 2 atom stereocenters. The minimum absolute atomic E-state index is 0.0712. The Balaban J connectivity index is 1.83. The van der Waals surface area contributed by atoms with Gasteiger partial charge in [-0.05, 0) is 31.0 Å². The van der Waals surface area contributed by atoms with E-state index in [1.165, 1.54) is 0 Å². The first-order valence-electron chi connectivity index (χ1n) is 9.10. The van der Waals surface area contributed by atoms with Crippen LogP contribution in [0, 0.1) is 13.8 Å². The van der Waals surface area contributed by atoms with Crippen LogP contribution in [0.2, 0.25) is 0 Å². The zero-order valence-corrected chi connectivity index (χ0v) is 16.0. The summed E-state index contributed by atoms with van der Waals surface area (Å²) < 4.78 is 1.95. The number of aliphatic hydroxyl groups is 1. The average Bonchev–Trinajstić information content (AvgIpc) is 3.11. The molecule has 4 rings (SSSR count). The van der Waals surface area contributed by atoms with E-state index in [1.807, 2.05) is 54.8 Å². The smallest absolute Gasteiger partial charge is 0.254 e. The van der Waals surface area contributed by atoms with Gasteiger partial charge >= 0.3 is 0 Å². The van der Waals surface area contributed by atoms with Gasteiger partial charge in [0.15, 0.2) is 5.65 Å². The summed E-state index contributed by atoms with van der Waals surface area (Å²) in [5.41, 5.74) is 6.24. The number of amides is 1. The molecule has 1 aliphatic rings. The Morgan fingerprint density at radius 1 is 1.30 bits per heavy atom. The Labute approximate surface area is 158 Å². The van der Waals surface area contributed by atoms with Crippen molar-refractivity contribution in [2.45, 2.75) is 32.4 Å². The van der Waals surface area contributed by atoms with Gasteiger partial charge in [0, 0.05) is 32.4 Å². The monoisotopic (exact) mass is 364 g/mol. The zero-order valence-electron chi connectivity index (χ0n) is 16.0. The predicted molar refractivity (Wildman–Crippen MR) is 105 cm³/mol. The first-order chi connectivity index (χ1) is 12.9. The lowest BCUT2D eigenvalue weighted by molar-refractivity contribution is 0.0827.